The number of aliphatic carboxylic acids is 1. The van der Waals surface area contributed by atoms with Crippen LogP contribution in [0.25, 0.3) is 0 Å². The molecule has 0 aromatic heterocycles. The monoisotopic (exact) mass is 186 g/mol. The molecule has 76 valence electrons. The van der Waals surface area contributed by atoms with Gasteiger partial charge in [0, 0.05) is 6.61 Å². The molecular weight excluding hydrogens is 168 g/mol. The van der Waals surface area contributed by atoms with Crippen LogP contribution in [0.3, 0.4) is 0 Å². The van der Waals surface area contributed by atoms with Crippen molar-refractivity contribution in [3.63, 3.8) is 0 Å². The molecule has 0 bridgehead atoms. The predicted octanol–water partition coefficient (Wildman–Crippen LogP) is 2.06. The van der Waals surface area contributed by atoms with Gasteiger partial charge in [-0.3, -0.25) is 4.79 Å². The average molecular weight is 186 g/mol. The van der Waals surface area contributed by atoms with Crippen molar-refractivity contribution in [2.45, 2.75) is 45.1 Å². The largest absolute Gasteiger partial charge is 0.481 e. The summed E-state index contributed by atoms with van der Waals surface area (Å²) in [7, 11) is 0. The van der Waals surface area contributed by atoms with Gasteiger partial charge in [0.25, 0.3) is 0 Å². The molecule has 0 heterocycles. The van der Waals surface area contributed by atoms with E-state index in [1.54, 1.807) is 0 Å². The predicted molar refractivity (Wildman–Crippen MR) is 49.6 cm³/mol. The van der Waals surface area contributed by atoms with Gasteiger partial charge in [-0.2, -0.15) is 0 Å². The highest BCUT2D eigenvalue weighted by Crippen LogP contribution is 2.30. The first kappa shape index (κ1) is 10.5. The van der Waals surface area contributed by atoms with E-state index in [9.17, 15) is 4.79 Å². The zero-order valence-corrected chi connectivity index (χ0v) is 8.16. The summed E-state index contributed by atoms with van der Waals surface area (Å²) in [5.41, 5.74) is 0. The Balaban J connectivity index is 1.93. The lowest BCUT2D eigenvalue weighted by molar-refractivity contribution is -0.151. The molecule has 1 saturated carbocycles. The molecule has 0 aromatic carbocycles. The second-order valence-electron chi connectivity index (χ2n) is 3.71. The molecule has 0 radical (unpaired) electrons. The summed E-state index contributed by atoms with van der Waals surface area (Å²) in [6, 6.07) is 0. The van der Waals surface area contributed by atoms with Crippen molar-refractivity contribution in [3.8, 4) is 0 Å². The van der Waals surface area contributed by atoms with Crippen molar-refractivity contribution < 1.29 is 14.6 Å². The van der Waals surface area contributed by atoms with E-state index in [1.807, 2.05) is 0 Å². The van der Waals surface area contributed by atoms with E-state index in [4.69, 9.17) is 9.84 Å². The van der Waals surface area contributed by atoms with Gasteiger partial charge in [0.05, 0.1) is 12.0 Å². The van der Waals surface area contributed by atoms with Gasteiger partial charge in [-0.25, -0.2) is 0 Å². The van der Waals surface area contributed by atoms with Crippen LogP contribution in [0.4, 0.5) is 0 Å². The molecule has 13 heavy (non-hydrogen) atoms. The number of hydrogen-bond acceptors (Lipinski definition) is 2. The average Bonchev–Trinajstić information content (AvgIpc) is 2.00. The quantitative estimate of drug-likeness (QED) is 0.646. The molecule has 1 aliphatic rings. The topological polar surface area (TPSA) is 46.5 Å². The summed E-state index contributed by atoms with van der Waals surface area (Å²) >= 11 is 0. The highest BCUT2D eigenvalue weighted by Gasteiger charge is 2.34. The number of carboxylic acids is 1. The minimum atomic E-state index is -0.673. The Morgan fingerprint density at radius 2 is 2.15 bits per heavy atom. The molecule has 0 atom stereocenters. The molecule has 0 unspecified atom stereocenters. The maximum atomic E-state index is 10.4. The van der Waals surface area contributed by atoms with Crippen LogP contribution in [0.2, 0.25) is 0 Å². The first-order valence-electron chi connectivity index (χ1n) is 5.08. The third-order valence-corrected chi connectivity index (χ3v) is 2.55. The molecule has 1 aliphatic carbocycles. The molecule has 0 spiro atoms. The summed E-state index contributed by atoms with van der Waals surface area (Å²) in [5, 5.41) is 8.61. The molecule has 1 rings (SSSR count). The Bertz CT molecular complexity index is 162. The Kier molecular flexibility index (Phi) is 4.22. The summed E-state index contributed by atoms with van der Waals surface area (Å²) in [5.74, 6) is -0.815. The maximum Gasteiger partial charge on any atom is 0.306 e. The first-order chi connectivity index (χ1) is 6.24. The van der Waals surface area contributed by atoms with E-state index in [-0.39, 0.29) is 12.0 Å². The summed E-state index contributed by atoms with van der Waals surface area (Å²) in [6.45, 7) is 2.95. The molecule has 0 saturated heterocycles. The van der Waals surface area contributed by atoms with E-state index in [0.717, 1.165) is 13.0 Å². The lowest BCUT2D eigenvalue weighted by Crippen LogP contribution is -2.36. The van der Waals surface area contributed by atoms with Crippen molar-refractivity contribution in [1.82, 2.24) is 0 Å². The number of ether oxygens (including phenoxy) is 1. The van der Waals surface area contributed by atoms with Crippen molar-refractivity contribution in [3.05, 3.63) is 0 Å². The van der Waals surface area contributed by atoms with E-state index < -0.39 is 5.97 Å². The fraction of sp³-hybridized carbons (Fsp3) is 0.900. The summed E-state index contributed by atoms with van der Waals surface area (Å²) in [4.78, 5) is 10.4. The highest BCUT2D eigenvalue weighted by atomic mass is 16.5. The standard InChI is InChI=1S/C10H18O3/c1-2-3-4-5-13-9-6-8(7-9)10(11)12/h8-9H,2-7H2,1H3,(H,11,12). The Labute approximate surface area is 79.1 Å². The SMILES string of the molecule is CCCCCOC1CC(C(=O)O)C1. The number of rotatable bonds is 6. The van der Waals surface area contributed by atoms with Crippen LogP contribution in [0.15, 0.2) is 0 Å². The molecule has 3 nitrogen and oxygen atoms in total. The fourth-order valence-corrected chi connectivity index (χ4v) is 1.51. The number of unbranched alkanes of at least 4 members (excludes halogenated alkanes) is 2. The van der Waals surface area contributed by atoms with Crippen molar-refractivity contribution >= 4 is 5.97 Å². The molecule has 1 fully saturated rings. The van der Waals surface area contributed by atoms with E-state index >= 15 is 0 Å². The van der Waals surface area contributed by atoms with Gasteiger partial charge in [0.15, 0.2) is 0 Å². The van der Waals surface area contributed by atoms with Crippen LogP contribution in [-0.4, -0.2) is 23.8 Å². The number of hydrogen-bond donors (Lipinski definition) is 1. The Hall–Kier alpha value is -0.570. The molecule has 0 aliphatic heterocycles. The van der Waals surface area contributed by atoms with Crippen LogP contribution in [0, 0.1) is 5.92 Å². The molecule has 0 amide bonds. The fourth-order valence-electron chi connectivity index (χ4n) is 1.51. The lowest BCUT2D eigenvalue weighted by Gasteiger charge is -2.32. The van der Waals surface area contributed by atoms with E-state index in [2.05, 4.69) is 6.92 Å². The van der Waals surface area contributed by atoms with Gasteiger partial charge >= 0.3 is 5.97 Å². The van der Waals surface area contributed by atoms with Crippen LogP contribution < -0.4 is 0 Å². The minimum absolute atomic E-state index is 0.142. The van der Waals surface area contributed by atoms with Crippen LogP contribution in [-0.2, 0) is 9.53 Å². The normalized spacial score (nSPS) is 26.8. The second kappa shape index (κ2) is 5.22. The summed E-state index contributed by atoms with van der Waals surface area (Å²) < 4.78 is 5.50. The van der Waals surface area contributed by atoms with Crippen molar-refractivity contribution in [2.75, 3.05) is 6.61 Å². The molecule has 0 aromatic rings. The third kappa shape index (κ3) is 3.35. The van der Waals surface area contributed by atoms with Gasteiger partial charge in [-0.1, -0.05) is 19.8 Å². The molecule has 1 N–H and O–H groups in total. The Morgan fingerprint density at radius 3 is 2.69 bits per heavy atom. The summed E-state index contributed by atoms with van der Waals surface area (Å²) in [6.07, 6.45) is 5.15. The highest BCUT2D eigenvalue weighted by molar-refractivity contribution is 5.71. The zero-order valence-electron chi connectivity index (χ0n) is 8.16. The van der Waals surface area contributed by atoms with Crippen molar-refractivity contribution in [2.24, 2.45) is 5.92 Å². The van der Waals surface area contributed by atoms with Gasteiger partial charge < -0.3 is 9.84 Å². The molecule has 3 heteroatoms. The second-order valence-corrected chi connectivity index (χ2v) is 3.71. The van der Waals surface area contributed by atoms with E-state index in [1.165, 1.54) is 12.8 Å². The lowest BCUT2D eigenvalue weighted by atomic mass is 9.82. The smallest absolute Gasteiger partial charge is 0.306 e. The first-order valence-corrected chi connectivity index (χ1v) is 5.08. The van der Waals surface area contributed by atoms with Crippen LogP contribution in [0.5, 0.6) is 0 Å². The maximum absolute atomic E-state index is 10.4. The Morgan fingerprint density at radius 1 is 1.46 bits per heavy atom. The van der Waals surface area contributed by atoms with E-state index in [0.29, 0.717) is 12.8 Å². The van der Waals surface area contributed by atoms with Gasteiger partial charge in [0.2, 0.25) is 0 Å². The van der Waals surface area contributed by atoms with Gasteiger partial charge in [-0.15, -0.1) is 0 Å². The van der Waals surface area contributed by atoms with Gasteiger partial charge in [0.1, 0.15) is 0 Å². The number of carbonyl (C=O) groups is 1. The molecular formula is C10H18O3. The van der Waals surface area contributed by atoms with Crippen LogP contribution in [0.1, 0.15) is 39.0 Å². The van der Waals surface area contributed by atoms with Gasteiger partial charge in [-0.05, 0) is 19.3 Å². The number of carboxylic acid groups (broad SMARTS) is 1. The van der Waals surface area contributed by atoms with Crippen LogP contribution >= 0.6 is 0 Å². The minimum Gasteiger partial charge on any atom is -0.481 e. The van der Waals surface area contributed by atoms with Crippen molar-refractivity contribution in [1.29, 1.82) is 0 Å². The zero-order chi connectivity index (χ0) is 9.68. The third-order valence-electron chi connectivity index (χ3n) is 2.55.